The van der Waals surface area contributed by atoms with Crippen LogP contribution in [0.15, 0.2) is 0 Å². The van der Waals surface area contributed by atoms with Crippen LogP contribution >= 0.6 is 15.9 Å². The van der Waals surface area contributed by atoms with Gasteiger partial charge >= 0.3 is 0 Å². The van der Waals surface area contributed by atoms with Crippen molar-refractivity contribution in [2.75, 3.05) is 12.1 Å². The lowest BCUT2D eigenvalue weighted by atomic mass is 10.4. The van der Waals surface area contributed by atoms with Crippen molar-refractivity contribution in [2.24, 2.45) is 0 Å². The van der Waals surface area contributed by atoms with Gasteiger partial charge in [0.1, 0.15) is 5.52 Å². The fourth-order valence-electron chi connectivity index (χ4n) is 0.301. The number of hydrogen-bond donors (Lipinski definition) is 0. The van der Waals surface area contributed by atoms with E-state index in [0.29, 0.717) is 5.52 Å². The third-order valence-corrected chi connectivity index (χ3v) is 1.04. The van der Waals surface area contributed by atoms with Gasteiger partial charge in [-0.05, 0) is 6.42 Å². The third-order valence-electron chi connectivity index (χ3n) is 0.719. The monoisotopic (exact) mass is 166 g/mol. The van der Waals surface area contributed by atoms with E-state index in [1.165, 1.54) is 12.8 Å². The van der Waals surface area contributed by atoms with Gasteiger partial charge in [0, 0.05) is 6.61 Å². The molecule has 7 heavy (non-hydrogen) atoms. The van der Waals surface area contributed by atoms with E-state index in [0.717, 1.165) is 6.61 Å². The molecule has 0 bridgehead atoms. The molecule has 0 saturated carbocycles. The molecule has 0 atom stereocenters. The smallest absolute Gasteiger partial charge is 0.101 e. The van der Waals surface area contributed by atoms with Crippen LogP contribution in [0.5, 0.6) is 0 Å². The normalized spacial score (nSPS) is 9.43. The van der Waals surface area contributed by atoms with E-state index in [4.69, 9.17) is 4.74 Å². The van der Waals surface area contributed by atoms with Gasteiger partial charge in [-0.25, -0.2) is 0 Å². The van der Waals surface area contributed by atoms with Gasteiger partial charge in [-0.2, -0.15) is 0 Å². The summed E-state index contributed by atoms with van der Waals surface area (Å²) in [5.41, 5.74) is 0.674. The molecule has 0 unspecified atom stereocenters. The lowest BCUT2D eigenvalue weighted by Gasteiger charge is -1.93. The molecule has 0 spiro atoms. The summed E-state index contributed by atoms with van der Waals surface area (Å²) < 4.78 is 4.99. The van der Waals surface area contributed by atoms with Gasteiger partial charge in [0.2, 0.25) is 0 Å². The lowest BCUT2D eigenvalue weighted by molar-refractivity contribution is 0.182. The third kappa shape index (κ3) is 6.44. The Balaban J connectivity index is 2.45. The summed E-state index contributed by atoms with van der Waals surface area (Å²) in [7, 11) is 0. The van der Waals surface area contributed by atoms with Crippen molar-refractivity contribution in [1.29, 1.82) is 0 Å². The number of rotatable bonds is 4. The van der Waals surface area contributed by atoms with Gasteiger partial charge in [0.25, 0.3) is 0 Å². The van der Waals surface area contributed by atoms with Crippen molar-refractivity contribution in [3.05, 3.63) is 0 Å². The summed E-state index contributed by atoms with van der Waals surface area (Å²) in [5.74, 6) is 0. The van der Waals surface area contributed by atoms with Gasteiger partial charge in [-0.15, -0.1) is 0 Å². The van der Waals surface area contributed by atoms with E-state index >= 15 is 0 Å². The highest BCUT2D eigenvalue weighted by Gasteiger charge is 1.79. The van der Waals surface area contributed by atoms with Gasteiger partial charge in [0.15, 0.2) is 0 Å². The van der Waals surface area contributed by atoms with Crippen molar-refractivity contribution in [1.82, 2.24) is 0 Å². The van der Waals surface area contributed by atoms with E-state index in [2.05, 4.69) is 22.9 Å². The standard InChI is InChI=1S/C5H11BrO/c1-2-3-4-7-5-6/h2-5H2,1H3. The van der Waals surface area contributed by atoms with Gasteiger partial charge < -0.3 is 4.74 Å². The summed E-state index contributed by atoms with van der Waals surface area (Å²) in [5, 5.41) is 0. The summed E-state index contributed by atoms with van der Waals surface area (Å²) in [6, 6.07) is 0. The minimum Gasteiger partial charge on any atom is -0.370 e. The molecule has 44 valence electrons. The molecular weight excluding hydrogens is 156 g/mol. The molecule has 0 heterocycles. The molecule has 0 saturated heterocycles. The predicted molar refractivity (Wildman–Crippen MR) is 34.7 cm³/mol. The second-order valence-corrected chi connectivity index (χ2v) is 1.83. The average Bonchev–Trinajstić information content (AvgIpc) is 1.69. The Morgan fingerprint density at radius 3 is 2.71 bits per heavy atom. The maximum Gasteiger partial charge on any atom is 0.101 e. The number of unbranched alkanes of at least 4 members (excludes halogenated alkanes) is 1. The molecule has 0 aromatic heterocycles. The molecule has 0 aliphatic heterocycles. The summed E-state index contributed by atoms with van der Waals surface area (Å²) >= 11 is 3.16. The van der Waals surface area contributed by atoms with E-state index < -0.39 is 0 Å². The molecule has 0 amide bonds. The summed E-state index contributed by atoms with van der Waals surface area (Å²) in [6.07, 6.45) is 2.39. The topological polar surface area (TPSA) is 9.23 Å². The zero-order chi connectivity index (χ0) is 5.54. The van der Waals surface area contributed by atoms with E-state index in [-0.39, 0.29) is 0 Å². The molecule has 0 rings (SSSR count). The second kappa shape index (κ2) is 6.44. The van der Waals surface area contributed by atoms with Gasteiger partial charge in [-0.3, -0.25) is 0 Å². The first-order valence-electron chi connectivity index (χ1n) is 2.55. The van der Waals surface area contributed by atoms with E-state index in [1.54, 1.807) is 0 Å². The van der Waals surface area contributed by atoms with Gasteiger partial charge in [0.05, 0.1) is 0 Å². The number of ether oxygens (including phenoxy) is 1. The molecular formula is C5H11BrO. The molecule has 1 nitrogen and oxygen atoms in total. The van der Waals surface area contributed by atoms with Crippen LogP contribution < -0.4 is 0 Å². The molecule has 0 aliphatic carbocycles. The van der Waals surface area contributed by atoms with Crippen molar-refractivity contribution >= 4 is 15.9 Å². The minimum atomic E-state index is 0.674. The molecule has 0 N–H and O–H groups in total. The van der Waals surface area contributed by atoms with Gasteiger partial charge in [-0.1, -0.05) is 29.3 Å². The van der Waals surface area contributed by atoms with E-state index in [1.807, 2.05) is 0 Å². The highest BCUT2D eigenvalue weighted by Crippen LogP contribution is 1.89. The summed E-state index contributed by atoms with van der Waals surface area (Å²) in [6.45, 7) is 3.04. The minimum absolute atomic E-state index is 0.674. The van der Waals surface area contributed by atoms with E-state index in [9.17, 15) is 0 Å². The Morgan fingerprint density at radius 1 is 1.57 bits per heavy atom. The number of halogens is 1. The second-order valence-electron chi connectivity index (χ2n) is 1.37. The number of alkyl halides is 1. The van der Waals surface area contributed by atoms with Crippen LogP contribution in [0.25, 0.3) is 0 Å². The zero-order valence-electron chi connectivity index (χ0n) is 4.61. The highest BCUT2D eigenvalue weighted by molar-refractivity contribution is 9.09. The molecule has 0 radical (unpaired) electrons. The molecule has 0 fully saturated rings. The first kappa shape index (κ1) is 7.44. The molecule has 0 aliphatic rings. The van der Waals surface area contributed by atoms with Crippen LogP contribution in [0.3, 0.4) is 0 Å². The van der Waals surface area contributed by atoms with Crippen molar-refractivity contribution in [2.45, 2.75) is 19.8 Å². The lowest BCUT2D eigenvalue weighted by Crippen LogP contribution is -1.88. The van der Waals surface area contributed by atoms with Crippen LogP contribution in [-0.4, -0.2) is 12.1 Å². The Hall–Kier alpha value is 0.440. The Bertz CT molecular complexity index is 27.3. The van der Waals surface area contributed by atoms with Crippen LogP contribution in [0, 0.1) is 0 Å². The predicted octanol–water partition coefficient (Wildman–Crippen LogP) is 2.16. The maximum atomic E-state index is 4.99. The largest absolute Gasteiger partial charge is 0.370 e. The Labute approximate surface area is 53.2 Å². The van der Waals surface area contributed by atoms with Crippen molar-refractivity contribution < 1.29 is 4.74 Å². The quantitative estimate of drug-likeness (QED) is 0.460. The maximum absolute atomic E-state index is 4.99. The Kier molecular flexibility index (Phi) is 6.84. The number of hydrogen-bond acceptors (Lipinski definition) is 1. The first-order valence-corrected chi connectivity index (χ1v) is 3.67. The SMILES string of the molecule is CCCCOCBr. The van der Waals surface area contributed by atoms with Crippen molar-refractivity contribution in [3.8, 4) is 0 Å². The van der Waals surface area contributed by atoms with Crippen molar-refractivity contribution in [3.63, 3.8) is 0 Å². The fourth-order valence-corrected chi connectivity index (χ4v) is 0.530. The molecule has 2 heteroatoms. The van der Waals surface area contributed by atoms with Crippen LogP contribution in [0.2, 0.25) is 0 Å². The first-order chi connectivity index (χ1) is 3.41. The average molecular weight is 167 g/mol. The molecule has 0 aromatic rings. The zero-order valence-corrected chi connectivity index (χ0v) is 6.20. The Morgan fingerprint density at radius 2 is 2.29 bits per heavy atom. The summed E-state index contributed by atoms with van der Waals surface area (Å²) in [4.78, 5) is 0. The van der Waals surface area contributed by atoms with Crippen LogP contribution in [0.1, 0.15) is 19.8 Å². The van der Waals surface area contributed by atoms with Crippen LogP contribution in [-0.2, 0) is 4.74 Å². The molecule has 0 aromatic carbocycles. The highest BCUT2D eigenvalue weighted by atomic mass is 79.9. The fraction of sp³-hybridized carbons (Fsp3) is 1.00. The van der Waals surface area contributed by atoms with Crippen LogP contribution in [0.4, 0.5) is 0 Å².